The summed E-state index contributed by atoms with van der Waals surface area (Å²) >= 11 is 11.6. The summed E-state index contributed by atoms with van der Waals surface area (Å²) in [6.07, 6.45) is 1.24. The highest BCUT2D eigenvalue weighted by atomic mass is 35.5. The van der Waals surface area contributed by atoms with Gasteiger partial charge in [0, 0.05) is 5.56 Å². The third-order valence-electron chi connectivity index (χ3n) is 2.29. The van der Waals surface area contributed by atoms with E-state index in [1.165, 1.54) is 6.33 Å². The lowest BCUT2D eigenvalue weighted by atomic mass is 10.1. The lowest BCUT2D eigenvalue weighted by Crippen LogP contribution is -2.13. The van der Waals surface area contributed by atoms with Crippen LogP contribution in [0.15, 0.2) is 30.6 Å². The first-order valence-electron chi connectivity index (χ1n) is 5.12. The van der Waals surface area contributed by atoms with Crippen molar-refractivity contribution in [1.82, 2.24) is 9.97 Å². The lowest BCUT2D eigenvalue weighted by molar-refractivity contribution is 0.102. The molecule has 0 spiro atoms. The number of halogens is 2. The molecule has 2 aromatic rings. The van der Waals surface area contributed by atoms with Crippen molar-refractivity contribution in [3.8, 4) is 0 Å². The maximum atomic E-state index is 11.9. The molecule has 0 fully saturated rings. The van der Waals surface area contributed by atoms with Crippen molar-refractivity contribution in [1.29, 1.82) is 0 Å². The summed E-state index contributed by atoms with van der Waals surface area (Å²) in [7, 11) is 0. The largest absolute Gasteiger partial charge is 0.305 e. The molecule has 0 radical (unpaired) electrons. The molecule has 1 amide bonds. The van der Waals surface area contributed by atoms with E-state index in [9.17, 15) is 4.79 Å². The highest BCUT2D eigenvalue weighted by molar-refractivity contribution is 6.43. The first-order valence-corrected chi connectivity index (χ1v) is 5.87. The van der Waals surface area contributed by atoms with Gasteiger partial charge in [0.2, 0.25) is 0 Å². The van der Waals surface area contributed by atoms with Crippen LogP contribution in [0.2, 0.25) is 10.2 Å². The van der Waals surface area contributed by atoms with Crippen molar-refractivity contribution in [2.45, 2.75) is 6.92 Å². The Morgan fingerprint density at radius 1 is 1.17 bits per heavy atom. The molecule has 2 rings (SSSR count). The number of aryl methyl sites for hydroxylation is 1. The van der Waals surface area contributed by atoms with Gasteiger partial charge in [-0.25, -0.2) is 9.97 Å². The summed E-state index contributed by atoms with van der Waals surface area (Å²) in [5.41, 5.74) is 1.60. The van der Waals surface area contributed by atoms with E-state index in [1.54, 1.807) is 12.1 Å². The van der Waals surface area contributed by atoms with Crippen LogP contribution in [-0.2, 0) is 0 Å². The second kappa shape index (κ2) is 5.33. The zero-order chi connectivity index (χ0) is 13.1. The molecule has 1 heterocycles. The highest BCUT2D eigenvalue weighted by Gasteiger charge is 2.11. The van der Waals surface area contributed by atoms with Crippen molar-refractivity contribution >= 4 is 34.9 Å². The summed E-state index contributed by atoms with van der Waals surface area (Å²) in [5, 5.41) is 2.81. The van der Waals surface area contributed by atoms with Crippen LogP contribution in [0.5, 0.6) is 0 Å². The van der Waals surface area contributed by atoms with E-state index in [2.05, 4.69) is 15.3 Å². The Kier molecular flexibility index (Phi) is 3.79. The van der Waals surface area contributed by atoms with Gasteiger partial charge in [0.1, 0.15) is 11.3 Å². The minimum atomic E-state index is -0.299. The Balaban J connectivity index is 2.21. The Bertz CT molecular complexity index is 584. The van der Waals surface area contributed by atoms with Crippen LogP contribution in [0.25, 0.3) is 0 Å². The smallest absolute Gasteiger partial charge is 0.256 e. The SMILES string of the molecule is Cc1ccc(C(=O)Nc2ncnc(Cl)c2Cl)cc1. The Hall–Kier alpha value is -1.65. The third kappa shape index (κ3) is 2.78. The average Bonchev–Trinajstić information content (AvgIpc) is 2.36. The van der Waals surface area contributed by atoms with Crippen LogP contribution in [0.3, 0.4) is 0 Å². The molecule has 4 nitrogen and oxygen atoms in total. The van der Waals surface area contributed by atoms with E-state index < -0.39 is 0 Å². The van der Waals surface area contributed by atoms with Crippen LogP contribution < -0.4 is 5.32 Å². The van der Waals surface area contributed by atoms with Gasteiger partial charge in [0.15, 0.2) is 11.0 Å². The number of anilines is 1. The zero-order valence-electron chi connectivity index (χ0n) is 9.45. The molecule has 1 N–H and O–H groups in total. The van der Waals surface area contributed by atoms with Gasteiger partial charge in [-0.1, -0.05) is 40.9 Å². The molecule has 0 aliphatic carbocycles. The zero-order valence-corrected chi connectivity index (χ0v) is 11.0. The fourth-order valence-corrected chi connectivity index (χ4v) is 1.60. The van der Waals surface area contributed by atoms with Crippen molar-refractivity contribution < 1.29 is 4.79 Å². The Labute approximate surface area is 114 Å². The molecular formula is C12H9Cl2N3O. The Morgan fingerprint density at radius 2 is 1.83 bits per heavy atom. The molecule has 1 aromatic carbocycles. The number of hydrogen-bond donors (Lipinski definition) is 1. The normalized spacial score (nSPS) is 10.2. The van der Waals surface area contributed by atoms with Crippen LogP contribution in [0, 0.1) is 6.92 Å². The standard InChI is InChI=1S/C12H9Cl2N3O/c1-7-2-4-8(5-3-7)12(18)17-11-9(13)10(14)15-6-16-11/h2-6H,1H3,(H,15,16,17,18). The summed E-state index contributed by atoms with van der Waals surface area (Å²) in [4.78, 5) is 19.5. The molecule has 0 saturated heterocycles. The second-order valence-electron chi connectivity index (χ2n) is 3.65. The highest BCUT2D eigenvalue weighted by Crippen LogP contribution is 2.25. The minimum Gasteiger partial charge on any atom is -0.305 e. The monoisotopic (exact) mass is 281 g/mol. The number of rotatable bonds is 2. The topological polar surface area (TPSA) is 54.9 Å². The number of carbonyl (C=O) groups excluding carboxylic acids is 1. The van der Waals surface area contributed by atoms with Crippen molar-refractivity contribution in [2.75, 3.05) is 5.32 Å². The number of hydrogen-bond acceptors (Lipinski definition) is 3. The van der Waals surface area contributed by atoms with Gasteiger partial charge in [0.25, 0.3) is 5.91 Å². The molecule has 0 saturated carbocycles. The van der Waals surface area contributed by atoms with Gasteiger partial charge in [0.05, 0.1) is 0 Å². The van der Waals surface area contributed by atoms with E-state index in [0.29, 0.717) is 5.56 Å². The van der Waals surface area contributed by atoms with Crippen molar-refractivity contribution in [3.05, 3.63) is 51.9 Å². The summed E-state index contributed by atoms with van der Waals surface area (Å²) in [5.74, 6) is -0.103. The predicted molar refractivity (Wildman–Crippen MR) is 71.2 cm³/mol. The van der Waals surface area contributed by atoms with E-state index >= 15 is 0 Å². The molecule has 0 unspecified atom stereocenters. The number of nitrogens with one attached hydrogen (secondary N) is 1. The fraction of sp³-hybridized carbons (Fsp3) is 0.0833. The third-order valence-corrected chi connectivity index (χ3v) is 3.03. The number of carbonyl (C=O) groups is 1. The number of amides is 1. The summed E-state index contributed by atoms with van der Waals surface area (Å²) in [6, 6.07) is 7.15. The van der Waals surface area contributed by atoms with Crippen LogP contribution in [0.1, 0.15) is 15.9 Å². The molecule has 0 aliphatic heterocycles. The van der Waals surface area contributed by atoms with Gasteiger partial charge < -0.3 is 5.32 Å². The molecule has 0 bridgehead atoms. The molecule has 92 valence electrons. The average molecular weight is 282 g/mol. The van der Waals surface area contributed by atoms with Crippen molar-refractivity contribution in [3.63, 3.8) is 0 Å². The fourth-order valence-electron chi connectivity index (χ4n) is 1.32. The molecule has 0 aliphatic rings. The lowest BCUT2D eigenvalue weighted by Gasteiger charge is -2.06. The van der Waals surface area contributed by atoms with Gasteiger partial charge in [-0.3, -0.25) is 4.79 Å². The molecular weight excluding hydrogens is 273 g/mol. The molecule has 6 heteroatoms. The second-order valence-corrected chi connectivity index (χ2v) is 4.38. The van der Waals surface area contributed by atoms with Crippen LogP contribution in [-0.4, -0.2) is 15.9 Å². The van der Waals surface area contributed by atoms with Gasteiger partial charge in [-0.2, -0.15) is 0 Å². The first kappa shape index (κ1) is 12.8. The van der Waals surface area contributed by atoms with Gasteiger partial charge in [-0.05, 0) is 19.1 Å². The maximum Gasteiger partial charge on any atom is 0.256 e. The van der Waals surface area contributed by atoms with Crippen LogP contribution in [0.4, 0.5) is 5.82 Å². The summed E-state index contributed by atoms with van der Waals surface area (Å²) < 4.78 is 0. The Morgan fingerprint density at radius 3 is 2.50 bits per heavy atom. The maximum absolute atomic E-state index is 11.9. The van der Waals surface area contributed by atoms with Gasteiger partial charge >= 0.3 is 0 Å². The van der Waals surface area contributed by atoms with E-state index in [1.807, 2.05) is 19.1 Å². The number of benzene rings is 1. The number of nitrogens with zero attached hydrogens (tertiary/aromatic N) is 2. The molecule has 0 atom stereocenters. The number of aromatic nitrogens is 2. The van der Waals surface area contributed by atoms with E-state index in [-0.39, 0.29) is 21.9 Å². The quantitative estimate of drug-likeness (QED) is 0.859. The van der Waals surface area contributed by atoms with E-state index in [0.717, 1.165) is 5.56 Å². The summed E-state index contributed by atoms with van der Waals surface area (Å²) in [6.45, 7) is 1.95. The molecule has 1 aromatic heterocycles. The van der Waals surface area contributed by atoms with Gasteiger partial charge in [-0.15, -0.1) is 0 Å². The predicted octanol–water partition coefficient (Wildman–Crippen LogP) is 3.34. The van der Waals surface area contributed by atoms with Crippen molar-refractivity contribution in [2.24, 2.45) is 0 Å². The van der Waals surface area contributed by atoms with Crippen LogP contribution >= 0.6 is 23.2 Å². The molecule has 18 heavy (non-hydrogen) atoms. The first-order chi connectivity index (χ1) is 8.58. The minimum absolute atomic E-state index is 0.103. The van der Waals surface area contributed by atoms with E-state index in [4.69, 9.17) is 23.2 Å².